The van der Waals surface area contributed by atoms with E-state index in [-0.39, 0.29) is 0 Å². The number of benzene rings is 1. The molecular weight excluding hydrogens is 248 g/mol. The van der Waals surface area contributed by atoms with Gasteiger partial charge in [0, 0.05) is 17.0 Å². The van der Waals surface area contributed by atoms with Crippen LogP contribution in [0.5, 0.6) is 0 Å². The maximum Gasteiger partial charge on any atom is 0.205 e. The van der Waals surface area contributed by atoms with Crippen molar-refractivity contribution < 1.29 is 0 Å². The summed E-state index contributed by atoms with van der Waals surface area (Å²) in [5.74, 6) is 1.23. The summed E-state index contributed by atoms with van der Waals surface area (Å²) in [6, 6.07) is 10.5. The number of nitrogens with zero attached hydrogens (tertiary/aromatic N) is 4. The van der Waals surface area contributed by atoms with Gasteiger partial charge in [0.25, 0.3) is 0 Å². The van der Waals surface area contributed by atoms with Gasteiger partial charge in [0.05, 0.1) is 0 Å². The molecule has 1 aliphatic carbocycles. The molecule has 100 valence electrons. The second-order valence-corrected chi connectivity index (χ2v) is 5.56. The van der Waals surface area contributed by atoms with E-state index in [0.29, 0.717) is 11.7 Å². The molecule has 0 unspecified atom stereocenters. The van der Waals surface area contributed by atoms with E-state index in [1.165, 1.54) is 37.5 Å². The van der Waals surface area contributed by atoms with Crippen LogP contribution in [0.4, 0.5) is 0 Å². The van der Waals surface area contributed by atoms with Crippen LogP contribution >= 0.6 is 0 Å². The molecule has 0 bridgehead atoms. The lowest BCUT2D eigenvalue weighted by Gasteiger charge is -2.20. The van der Waals surface area contributed by atoms with Crippen LogP contribution in [0.2, 0.25) is 0 Å². The normalized spacial score (nSPS) is 16.8. The molecule has 1 fully saturated rings. The van der Waals surface area contributed by atoms with Crippen molar-refractivity contribution in [3.05, 3.63) is 36.0 Å². The highest BCUT2D eigenvalue weighted by molar-refractivity contribution is 5.92. The Morgan fingerprint density at radius 3 is 2.70 bits per heavy atom. The minimum Gasteiger partial charge on any atom is -0.230 e. The van der Waals surface area contributed by atoms with Gasteiger partial charge in [0.15, 0.2) is 0 Å². The van der Waals surface area contributed by atoms with Crippen LogP contribution < -0.4 is 0 Å². The first-order chi connectivity index (χ1) is 9.92. The first kappa shape index (κ1) is 11.7. The van der Waals surface area contributed by atoms with Crippen LogP contribution in [-0.2, 0) is 0 Å². The molecule has 0 saturated heterocycles. The number of aromatic nitrogens is 4. The molecule has 0 N–H and O–H groups in total. The number of rotatable bonds is 1. The monoisotopic (exact) mass is 264 g/mol. The fourth-order valence-electron chi connectivity index (χ4n) is 3.21. The van der Waals surface area contributed by atoms with Crippen LogP contribution in [-0.4, -0.2) is 20.4 Å². The van der Waals surface area contributed by atoms with E-state index in [1.54, 1.807) is 0 Å². The largest absolute Gasteiger partial charge is 0.230 e. The smallest absolute Gasteiger partial charge is 0.205 e. The van der Waals surface area contributed by atoms with E-state index in [9.17, 15) is 0 Å². The van der Waals surface area contributed by atoms with Crippen molar-refractivity contribution in [3.8, 4) is 11.5 Å². The van der Waals surface area contributed by atoms with Crippen molar-refractivity contribution in [2.24, 2.45) is 0 Å². The van der Waals surface area contributed by atoms with Crippen LogP contribution in [0.15, 0.2) is 30.3 Å². The van der Waals surface area contributed by atoms with Crippen molar-refractivity contribution in [3.63, 3.8) is 0 Å². The Labute approximate surface area is 117 Å². The molecule has 0 amide bonds. The molecule has 1 aromatic rings. The van der Waals surface area contributed by atoms with E-state index in [2.05, 4.69) is 39.7 Å². The van der Waals surface area contributed by atoms with Gasteiger partial charge < -0.3 is 0 Å². The lowest BCUT2D eigenvalue weighted by molar-refractivity contribution is 0.437. The van der Waals surface area contributed by atoms with Gasteiger partial charge in [-0.2, -0.15) is 0 Å². The average molecular weight is 264 g/mol. The third-order valence-corrected chi connectivity index (χ3v) is 4.27. The van der Waals surface area contributed by atoms with Gasteiger partial charge in [0.2, 0.25) is 5.82 Å². The van der Waals surface area contributed by atoms with Crippen molar-refractivity contribution >= 4 is 10.8 Å². The quantitative estimate of drug-likeness (QED) is 0.674. The molecule has 0 radical (unpaired) electrons. The second-order valence-electron chi connectivity index (χ2n) is 5.56. The van der Waals surface area contributed by atoms with E-state index in [0.717, 1.165) is 16.8 Å². The predicted molar refractivity (Wildman–Crippen MR) is 77.6 cm³/mol. The third-order valence-electron chi connectivity index (χ3n) is 4.27. The summed E-state index contributed by atoms with van der Waals surface area (Å²) in [4.78, 5) is 4.76. The molecule has 4 rings (SSSR count). The summed E-state index contributed by atoms with van der Waals surface area (Å²) in [5.41, 5.74) is 1.96. The molecule has 0 atom stereocenters. The standard InChI is InChI=1S/C16H16N4/c1-2-6-11(7-3-1)14-10-12-8-4-5-9-13(12)15-16(17-14)19-20-18-15/h4-5,8-11H,1-3,6-7H2. The first-order valence-electron chi connectivity index (χ1n) is 7.30. The molecule has 20 heavy (non-hydrogen) atoms. The molecular formula is C16H16N4. The average Bonchev–Trinajstić information content (AvgIpc) is 2.90. The molecule has 4 nitrogen and oxygen atoms in total. The molecule has 4 heteroatoms. The predicted octanol–water partition coefficient (Wildman–Crippen LogP) is 3.57. The molecule has 2 aliphatic heterocycles. The second kappa shape index (κ2) is 4.78. The Bertz CT molecular complexity index is 719. The minimum atomic E-state index is 0.555. The fourth-order valence-corrected chi connectivity index (χ4v) is 3.21. The Kier molecular flexibility index (Phi) is 2.80. The van der Waals surface area contributed by atoms with Crippen molar-refractivity contribution in [1.82, 2.24) is 20.4 Å². The zero-order valence-electron chi connectivity index (χ0n) is 11.3. The molecule has 0 aromatic heterocycles. The Morgan fingerprint density at radius 1 is 0.950 bits per heavy atom. The number of hydrogen-bond acceptors (Lipinski definition) is 4. The van der Waals surface area contributed by atoms with Gasteiger partial charge in [-0.3, -0.25) is 0 Å². The highest BCUT2D eigenvalue weighted by Gasteiger charge is 2.20. The SMILES string of the molecule is c1ccc2c3nnnc-3nc(C3CCCCC3)cc2c1. The first-order valence-corrected chi connectivity index (χ1v) is 7.30. The lowest BCUT2D eigenvalue weighted by atomic mass is 9.87. The van der Waals surface area contributed by atoms with Crippen molar-refractivity contribution in [2.75, 3.05) is 0 Å². The van der Waals surface area contributed by atoms with E-state index >= 15 is 0 Å². The Balaban J connectivity index is 1.95. The number of hydrogen-bond donors (Lipinski definition) is 0. The summed E-state index contributed by atoms with van der Waals surface area (Å²) in [6.07, 6.45) is 6.42. The Morgan fingerprint density at radius 2 is 1.80 bits per heavy atom. The zero-order valence-corrected chi connectivity index (χ0v) is 11.3. The number of fused-ring (bicyclic) bond motifs is 3. The molecule has 3 aliphatic rings. The Hall–Kier alpha value is -2.10. The maximum atomic E-state index is 4.76. The van der Waals surface area contributed by atoms with Gasteiger partial charge in [-0.15, -0.1) is 10.2 Å². The van der Waals surface area contributed by atoms with Crippen LogP contribution in [0.3, 0.4) is 0 Å². The van der Waals surface area contributed by atoms with Crippen LogP contribution in [0, 0.1) is 0 Å². The topological polar surface area (TPSA) is 51.6 Å². The fraction of sp³-hybridized carbons (Fsp3) is 0.375. The van der Waals surface area contributed by atoms with Crippen LogP contribution in [0.25, 0.3) is 22.3 Å². The van der Waals surface area contributed by atoms with E-state index in [1.807, 2.05) is 6.07 Å². The molecule has 1 saturated carbocycles. The summed E-state index contributed by atoms with van der Waals surface area (Å²) < 4.78 is 0. The lowest BCUT2D eigenvalue weighted by Crippen LogP contribution is -2.05. The highest BCUT2D eigenvalue weighted by atomic mass is 15.4. The summed E-state index contributed by atoms with van der Waals surface area (Å²) in [5, 5.41) is 14.3. The summed E-state index contributed by atoms with van der Waals surface area (Å²) in [7, 11) is 0. The van der Waals surface area contributed by atoms with Gasteiger partial charge >= 0.3 is 0 Å². The summed E-state index contributed by atoms with van der Waals surface area (Å²) >= 11 is 0. The molecule has 2 heterocycles. The van der Waals surface area contributed by atoms with E-state index < -0.39 is 0 Å². The maximum absolute atomic E-state index is 4.76. The van der Waals surface area contributed by atoms with Crippen molar-refractivity contribution in [2.45, 2.75) is 38.0 Å². The zero-order chi connectivity index (χ0) is 13.4. The molecule has 0 spiro atoms. The van der Waals surface area contributed by atoms with E-state index in [4.69, 9.17) is 4.98 Å². The molecule has 1 aromatic carbocycles. The van der Waals surface area contributed by atoms with Gasteiger partial charge in [-0.25, -0.2) is 4.98 Å². The van der Waals surface area contributed by atoms with Gasteiger partial charge in [-0.05, 0) is 29.5 Å². The highest BCUT2D eigenvalue weighted by Crippen LogP contribution is 2.34. The van der Waals surface area contributed by atoms with Crippen molar-refractivity contribution in [1.29, 1.82) is 0 Å². The minimum absolute atomic E-state index is 0.555. The third kappa shape index (κ3) is 1.92. The van der Waals surface area contributed by atoms with Gasteiger partial charge in [-0.1, -0.05) is 43.5 Å². The van der Waals surface area contributed by atoms with Crippen LogP contribution in [0.1, 0.15) is 43.7 Å². The van der Waals surface area contributed by atoms with Gasteiger partial charge in [0.1, 0.15) is 5.69 Å². The summed E-state index contributed by atoms with van der Waals surface area (Å²) in [6.45, 7) is 0.